The van der Waals surface area contributed by atoms with Gasteiger partial charge in [0.05, 0.1) is 5.75 Å². The Morgan fingerprint density at radius 2 is 2.40 bits per heavy atom. The van der Waals surface area contributed by atoms with Gasteiger partial charge in [-0.05, 0) is 18.6 Å². The second-order valence-corrected chi connectivity index (χ2v) is 4.16. The van der Waals surface area contributed by atoms with E-state index < -0.39 is 0 Å². The molecule has 0 fully saturated rings. The van der Waals surface area contributed by atoms with Gasteiger partial charge in [0, 0.05) is 18.7 Å². The largest absolute Gasteiger partial charge is 0.383 e. The highest BCUT2D eigenvalue weighted by Crippen LogP contribution is 2.07. The summed E-state index contributed by atoms with van der Waals surface area (Å²) in [5.41, 5.74) is 7.32. The van der Waals surface area contributed by atoms with Crippen molar-refractivity contribution in [2.75, 3.05) is 11.5 Å². The molecule has 0 aliphatic heterocycles. The minimum atomic E-state index is 0.0795. The van der Waals surface area contributed by atoms with Gasteiger partial charge in [-0.3, -0.25) is 4.79 Å². The molecule has 4 heteroatoms. The number of thioether (sulfide) groups is 1. The summed E-state index contributed by atoms with van der Waals surface area (Å²) in [6, 6.07) is 1.88. The average Bonchev–Trinajstić information content (AvgIpc) is 2.18. The van der Waals surface area contributed by atoms with Crippen molar-refractivity contribution >= 4 is 22.7 Å². The molecule has 0 radical (unpaired) electrons. The van der Waals surface area contributed by atoms with Crippen LogP contribution in [-0.4, -0.2) is 15.9 Å². The number of nitrogen functional groups attached to an aromatic ring is 1. The first-order valence-corrected chi connectivity index (χ1v) is 5.42. The third-order valence-corrected chi connectivity index (χ3v) is 2.39. The first kappa shape index (κ1) is 11.6. The van der Waals surface area contributed by atoms with Gasteiger partial charge in [-0.15, -0.1) is 0 Å². The highest BCUT2D eigenvalue weighted by atomic mass is 32.2. The number of carbonyl (C=O) groups is 1. The molecule has 3 nitrogen and oxygen atoms in total. The normalized spacial score (nSPS) is 9.20. The third-order valence-electron chi connectivity index (χ3n) is 1.70. The van der Waals surface area contributed by atoms with Gasteiger partial charge in [-0.25, -0.2) is 4.98 Å². The molecule has 1 aromatic heterocycles. The number of hydrogen-bond donors (Lipinski definition) is 1. The molecule has 0 amide bonds. The molecule has 0 saturated carbocycles. The molecular formula is C11H12N2OS. The minimum absolute atomic E-state index is 0.0795. The first-order valence-electron chi connectivity index (χ1n) is 4.44. The number of hydrogen-bond acceptors (Lipinski definition) is 4. The summed E-state index contributed by atoms with van der Waals surface area (Å²) in [5, 5.41) is 0.0795. The van der Waals surface area contributed by atoms with Crippen molar-refractivity contribution in [3.8, 4) is 11.8 Å². The van der Waals surface area contributed by atoms with Crippen LogP contribution in [0.2, 0.25) is 0 Å². The second-order valence-electron chi connectivity index (χ2n) is 3.01. The number of nitrogens with two attached hydrogens (primary N) is 1. The van der Waals surface area contributed by atoms with E-state index in [1.807, 2.05) is 13.0 Å². The average molecular weight is 220 g/mol. The maximum absolute atomic E-state index is 10.6. The molecule has 1 rings (SSSR count). The Bertz CT molecular complexity index is 432. The Kier molecular flexibility index (Phi) is 4.19. The Labute approximate surface area is 93.5 Å². The number of rotatable bonds is 1. The van der Waals surface area contributed by atoms with Crippen LogP contribution < -0.4 is 5.73 Å². The van der Waals surface area contributed by atoms with Crippen molar-refractivity contribution in [1.82, 2.24) is 4.98 Å². The van der Waals surface area contributed by atoms with Crippen molar-refractivity contribution in [2.45, 2.75) is 13.8 Å². The molecule has 0 saturated heterocycles. The van der Waals surface area contributed by atoms with Crippen molar-refractivity contribution in [2.24, 2.45) is 0 Å². The molecule has 2 N–H and O–H groups in total. The Morgan fingerprint density at radius 3 is 3.00 bits per heavy atom. The summed E-state index contributed by atoms with van der Waals surface area (Å²) in [6.45, 7) is 3.42. The zero-order valence-electron chi connectivity index (χ0n) is 8.70. The van der Waals surface area contributed by atoms with Crippen molar-refractivity contribution in [3.05, 3.63) is 23.4 Å². The molecule has 0 atom stereocenters. The zero-order valence-corrected chi connectivity index (χ0v) is 9.52. The van der Waals surface area contributed by atoms with Crippen LogP contribution in [-0.2, 0) is 4.79 Å². The second kappa shape index (κ2) is 5.42. The first-order chi connectivity index (χ1) is 7.09. The molecule has 1 heterocycles. The van der Waals surface area contributed by atoms with Crippen LogP contribution in [0.5, 0.6) is 0 Å². The summed E-state index contributed by atoms with van der Waals surface area (Å²) in [7, 11) is 0. The highest BCUT2D eigenvalue weighted by molar-refractivity contribution is 8.13. The van der Waals surface area contributed by atoms with E-state index in [0.717, 1.165) is 11.1 Å². The van der Waals surface area contributed by atoms with E-state index in [2.05, 4.69) is 16.8 Å². The molecule has 0 aliphatic carbocycles. The molecule has 0 aromatic carbocycles. The number of carbonyl (C=O) groups excluding carboxylic acids is 1. The lowest BCUT2D eigenvalue weighted by molar-refractivity contribution is -0.109. The number of aromatic nitrogens is 1. The molecular weight excluding hydrogens is 208 g/mol. The zero-order chi connectivity index (χ0) is 11.3. The van der Waals surface area contributed by atoms with E-state index in [1.165, 1.54) is 18.7 Å². The summed E-state index contributed by atoms with van der Waals surface area (Å²) in [5.74, 6) is 6.86. The number of anilines is 1. The molecule has 0 bridgehead atoms. The van der Waals surface area contributed by atoms with E-state index in [1.54, 1.807) is 6.20 Å². The molecule has 15 heavy (non-hydrogen) atoms. The smallest absolute Gasteiger partial charge is 0.186 e. The van der Waals surface area contributed by atoms with Crippen molar-refractivity contribution < 1.29 is 4.79 Å². The van der Waals surface area contributed by atoms with E-state index >= 15 is 0 Å². The van der Waals surface area contributed by atoms with Crippen LogP contribution >= 0.6 is 11.8 Å². The van der Waals surface area contributed by atoms with E-state index in [-0.39, 0.29) is 5.12 Å². The van der Waals surface area contributed by atoms with Crippen molar-refractivity contribution in [1.29, 1.82) is 0 Å². The van der Waals surface area contributed by atoms with Gasteiger partial charge in [0.25, 0.3) is 0 Å². The molecule has 0 aliphatic rings. The fourth-order valence-corrected chi connectivity index (χ4v) is 1.28. The summed E-state index contributed by atoms with van der Waals surface area (Å²) in [6.07, 6.45) is 1.63. The van der Waals surface area contributed by atoms with Gasteiger partial charge < -0.3 is 5.73 Å². The Hall–Kier alpha value is -1.47. The van der Waals surface area contributed by atoms with Gasteiger partial charge in [-0.1, -0.05) is 23.6 Å². The van der Waals surface area contributed by atoms with Crippen LogP contribution in [0.15, 0.2) is 12.3 Å². The topological polar surface area (TPSA) is 56.0 Å². The Morgan fingerprint density at radius 1 is 1.67 bits per heavy atom. The van der Waals surface area contributed by atoms with Crippen LogP contribution in [0, 0.1) is 18.8 Å². The number of nitrogens with zero attached hydrogens (tertiary/aromatic N) is 1. The predicted octanol–water partition coefficient (Wildman–Crippen LogP) is 1.60. The molecule has 78 valence electrons. The maximum atomic E-state index is 10.6. The monoisotopic (exact) mass is 220 g/mol. The summed E-state index contributed by atoms with van der Waals surface area (Å²) >= 11 is 1.20. The van der Waals surface area contributed by atoms with E-state index in [9.17, 15) is 4.79 Å². The summed E-state index contributed by atoms with van der Waals surface area (Å²) in [4.78, 5) is 14.6. The van der Waals surface area contributed by atoms with Crippen molar-refractivity contribution in [3.63, 3.8) is 0 Å². The molecule has 0 spiro atoms. The lowest BCUT2D eigenvalue weighted by atomic mass is 10.2. The number of aryl methyl sites for hydroxylation is 1. The van der Waals surface area contributed by atoms with Crippen LogP contribution in [0.4, 0.5) is 5.82 Å². The fourth-order valence-electron chi connectivity index (χ4n) is 0.930. The van der Waals surface area contributed by atoms with E-state index in [4.69, 9.17) is 5.73 Å². The number of pyridine rings is 1. The van der Waals surface area contributed by atoms with Gasteiger partial charge in [-0.2, -0.15) is 0 Å². The maximum Gasteiger partial charge on any atom is 0.186 e. The van der Waals surface area contributed by atoms with Gasteiger partial charge in [0.2, 0.25) is 0 Å². The standard InChI is InChI=1S/C11H12N2OS/c1-8-6-10(7-13-11(8)12)4-3-5-15-9(2)14/h6-7H,5H2,1-2H3,(H2,12,13). The van der Waals surface area contributed by atoms with Crippen LogP contribution in [0.1, 0.15) is 18.1 Å². The summed E-state index contributed by atoms with van der Waals surface area (Å²) < 4.78 is 0. The molecule has 0 unspecified atom stereocenters. The van der Waals surface area contributed by atoms with Crippen LogP contribution in [0.3, 0.4) is 0 Å². The third kappa shape index (κ3) is 4.05. The Balaban J connectivity index is 2.64. The van der Waals surface area contributed by atoms with Gasteiger partial charge >= 0.3 is 0 Å². The lowest BCUT2D eigenvalue weighted by Crippen LogP contribution is -1.94. The van der Waals surface area contributed by atoms with Gasteiger partial charge in [0.15, 0.2) is 5.12 Å². The quantitative estimate of drug-likeness (QED) is 0.730. The predicted molar refractivity (Wildman–Crippen MR) is 63.4 cm³/mol. The highest BCUT2D eigenvalue weighted by Gasteiger charge is 1.94. The fraction of sp³-hybridized carbons (Fsp3) is 0.273. The lowest BCUT2D eigenvalue weighted by Gasteiger charge is -1.97. The van der Waals surface area contributed by atoms with Crippen LogP contribution in [0.25, 0.3) is 0 Å². The van der Waals surface area contributed by atoms with Gasteiger partial charge in [0.1, 0.15) is 5.82 Å². The minimum Gasteiger partial charge on any atom is -0.383 e. The molecule has 1 aromatic rings. The van der Waals surface area contributed by atoms with E-state index in [0.29, 0.717) is 11.6 Å². The SMILES string of the molecule is CC(=O)SCC#Cc1cnc(N)c(C)c1.